The second-order valence-electron chi connectivity index (χ2n) is 6.53. The number of methoxy groups -OCH3 is 1. The lowest BCUT2D eigenvalue weighted by Gasteiger charge is -2.09. The molecule has 4 aromatic rings. The summed E-state index contributed by atoms with van der Waals surface area (Å²) in [5.41, 5.74) is 3.65. The summed E-state index contributed by atoms with van der Waals surface area (Å²) in [4.78, 5) is 0. The summed E-state index contributed by atoms with van der Waals surface area (Å²) >= 11 is 6.70. The van der Waals surface area contributed by atoms with Gasteiger partial charge in [-0.3, -0.25) is 4.68 Å². The summed E-state index contributed by atoms with van der Waals surface area (Å²) < 4.78 is 33.7. The Kier molecular flexibility index (Phi) is 5.32. The summed E-state index contributed by atoms with van der Waals surface area (Å²) in [5, 5.41) is 5.11. The molecular formula is C23H17ClF2N2O. The summed E-state index contributed by atoms with van der Waals surface area (Å²) in [7, 11) is 1.61. The number of nitrogens with zero attached hydrogens (tertiary/aromatic N) is 2. The fourth-order valence-electron chi connectivity index (χ4n) is 3.13. The van der Waals surface area contributed by atoms with Gasteiger partial charge in [0.25, 0.3) is 0 Å². The van der Waals surface area contributed by atoms with Gasteiger partial charge >= 0.3 is 0 Å². The van der Waals surface area contributed by atoms with Crippen molar-refractivity contribution in [2.24, 2.45) is 0 Å². The molecule has 0 aliphatic rings. The minimum absolute atomic E-state index is 0.329. The van der Waals surface area contributed by atoms with Gasteiger partial charge in [-0.25, -0.2) is 8.78 Å². The predicted octanol–water partition coefficient (Wildman–Crippen LogP) is 6.21. The fourth-order valence-corrected chi connectivity index (χ4v) is 3.49. The number of halogens is 3. The number of hydrogen-bond acceptors (Lipinski definition) is 2. The lowest BCUT2D eigenvalue weighted by atomic mass is 10.1. The summed E-state index contributed by atoms with van der Waals surface area (Å²) in [6, 6.07) is 19.7. The van der Waals surface area contributed by atoms with Crippen LogP contribution in [-0.4, -0.2) is 16.9 Å². The van der Waals surface area contributed by atoms with E-state index in [-0.39, 0.29) is 11.6 Å². The highest BCUT2D eigenvalue weighted by atomic mass is 35.5. The van der Waals surface area contributed by atoms with E-state index < -0.39 is 0 Å². The minimum atomic E-state index is -0.332. The molecule has 29 heavy (non-hydrogen) atoms. The molecule has 0 bridgehead atoms. The van der Waals surface area contributed by atoms with Crippen molar-refractivity contribution in [3.8, 4) is 28.3 Å². The first-order valence-electron chi connectivity index (χ1n) is 8.96. The third-order valence-electron chi connectivity index (χ3n) is 4.62. The van der Waals surface area contributed by atoms with E-state index >= 15 is 0 Å². The second kappa shape index (κ2) is 8.05. The van der Waals surface area contributed by atoms with Crippen LogP contribution in [0.25, 0.3) is 22.5 Å². The van der Waals surface area contributed by atoms with Crippen molar-refractivity contribution >= 4 is 11.6 Å². The van der Waals surface area contributed by atoms with Gasteiger partial charge in [0.2, 0.25) is 0 Å². The summed E-state index contributed by atoms with van der Waals surface area (Å²) in [6.45, 7) is 0.456. The van der Waals surface area contributed by atoms with Crippen molar-refractivity contribution < 1.29 is 13.5 Å². The van der Waals surface area contributed by atoms with E-state index in [1.165, 1.54) is 24.3 Å². The third kappa shape index (κ3) is 4.00. The largest absolute Gasteiger partial charge is 0.497 e. The van der Waals surface area contributed by atoms with E-state index in [0.717, 1.165) is 16.9 Å². The van der Waals surface area contributed by atoms with Crippen LogP contribution in [0.5, 0.6) is 5.75 Å². The Morgan fingerprint density at radius 2 is 1.38 bits per heavy atom. The maximum atomic E-state index is 13.4. The number of rotatable bonds is 5. The smallest absolute Gasteiger partial charge is 0.123 e. The molecule has 0 fully saturated rings. The Bertz CT molecular complexity index is 1120. The molecule has 4 rings (SSSR count). The number of ether oxygens (including phenoxy) is 1. The van der Waals surface area contributed by atoms with Gasteiger partial charge in [-0.15, -0.1) is 0 Å². The van der Waals surface area contributed by atoms with Crippen LogP contribution in [0.1, 0.15) is 5.56 Å². The van der Waals surface area contributed by atoms with Crippen LogP contribution < -0.4 is 4.74 Å². The molecule has 0 aliphatic carbocycles. The zero-order chi connectivity index (χ0) is 20.4. The van der Waals surface area contributed by atoms with E-state index in [9.17, 15) is 8.78 Å². The van der Waals surface area contributed by atoms with Gasteiger partial charge in [-0.05, 0) is 66.2 Å². The van der Waals surface area contributed by atoms with Crippen molar-refractivity contribution in [3.05, 3.63) is 95.0 Å². The normalized spacial score (nSPS) is 10.9. The molecule has 1 heterocycles. The average molecular weight is 411 g/mol. The van der Waals surface area contributed by atoms with Crippen LogP contribution in [0.2, 0.25) is 5.02 Å². The first-order valence-corrected chi connectivity index (χ1v) is 9.34. The molecule has 146 valence electrons. The van der Waals surface area contributed by atoms with Crippen LogP contribution in [0.3, 0.4) is 0 Å². The second-order valence-corrected chi connectivity index (χ2v) is 6.91. The molecule has 1 aromatic heterocycles. The maximum Gasteiger partial charge on any atom is 0.123 e. The molecule has 0 saturated carbocycles. The number of benzene rings is 3. The monoisotopic (exact) mass is 410 g/mol. The van der Waals surface area contributed by atoms with Crippen LogP contribution in [-0.2, 0) is 6.54 Å². The van der Waals surface area contributed by atoms with Crippen LogP contribution in [0.4, 0.5) is 8.78 Å². The van der Waals surface area contributed by atoms with E-state index in [2.05, 4.69) is 5.10 Å². The van der Waals surface area contributed by atoms with Gasteiger partial charge in [0, 0.05) is 11.1 Å². The Hall–Kier alpha value is -3.18. The van der Waals surface area contributed by atoms with Gasteiger partial charge in [0.05, 0.1) is 24.4 Å². The highest BCUT2D eigenvalue weighted by Gasteiger charge is 2.19. The molecule has 0 saturated heterocycles. The van der Waals surface area contributed by atoms with Crippen molar-refractivity contribution in [1.29, 1.82) is 0 Å². The lowest BCUT2D eigenvalue weighted by molar-refractivity contribution is 0.414. The van der Waals surface area contributed by atoms with E-state index in [4.69, 9.17) is 16.3 Å². The quantitative estimate of drug-likeness (QED) is 0.391. The van der Waals surface area contributed by atoms with Crippen molar-refractivity contribution in [2.75, 3.05) is 7.11 Å². The van der Waals surface area contributed by atoms with Crippen molar-refractivity contribution in [2.45, 2.75) is 6.54 Å². The van der Waals surface area contributed by atoms with Gasteiger partial charge in [-0.1, -0.05) is 23.7 Å². The summed E-state index contributed by atoms with van der Waals surface area (Å²) in [5.74, 6) is 0.101. The van der Waals surface area contributed by atoms with E-state index in [1.54, 1.807) is 36.1 Å². The topological polar surface area (TPSA) is 27.1 Å². The van der Waals surface area contributed by atoms with E-state index in [1.807, 2.05) is 24.3 Å². The Morgan fingerprint density at radius 3 is 1.93 bits per heavy atom. The Balaban J connectivity index is 1.81. The molecule has 6 heteroatoms. The maximum absolute atomic E-state index is 13.4. The molecule has 0 atom stereocenters. The average Bonchev–Trinajstić information content (AvgIpc) is 3.06. The predicted molar refractivity (Wildman–Crippen MR) is 110 cm³/mol. The zero-order valence-electron chi connectivity index (χ0n) is 15.6. The first kappa shape index (κ1) is 19.2. The molecule has 0 amide bonds. The van der Waals surface area contributed by atoms with Crippen LogP contribution >= 0.6 is 11.6 Å². The minimum Gasteiger partial charge on any atom is -0.497 e. The molecular weight excluding hydrogens is 394 g/mol. The first-order chi connectivity index (χ1) is 14.0. The summed E-state index contributed by atoms with van der Waals surface area (Å²) in [6.07, 6.45) is 0. The number of hydrogen-bond donors (Lipinski definition) is 0. The lowest BCUT2D eigenvalue weighted by Crippen LogP contribution is -2.04. The number of aromatic nitrogens is 2. The van der Waals surface area contributed by atoms with Gasteiger partial charge < -0.3 is 4.74 Å². The third-order valence-corrected chi connectivity index (χ3v) is 4.98. The van der Waals surface area contributed by atoms with Crippen molar-refractivity contribution in [3.63, 3.8) is 0 Å². The van der Waals surface area contributed by atoms with Gasteiger partial charge in [0.15, 0.2) is 0 Å². The Labute approximate surface area is 172 Å². The molecule has 3 nitrogen and oxygen atoms in total. The van der Waals surface area contributed by atoms with Crippen molar-refractivity contribution in [1.82, 2.24) is 9.78 Å². The molecule has 0 aliphatic heterocycles. The highest BCUT2D eigenvalue weighted by molar-refractivity contribution is 6.35. The SMILES string of the molecule is COc1ccc(Cn2nc(-c3ccc(F)cc3)c(Cl)c2-c2ccc(F)cc2)cc1. The Morgan fingerprint density at radius 1 is 0.828 bits per heavy atom. The van der Waals surface area contributed by atoms with Gasteiger partial charge in [0.1, 0.15) is 23.1 Å². The van der Waals surface area contributed by atoms with Gasteiger partial charge in [-0.2, -0.15) is 5.10 Å². The van der Waals surface area contributed by atoms with Crippen LogP contribution in [0.15, 0.2) is 72.8 Å². The standard InChI is InChI=1S/C23H17ClF2N2O/c1-29-20-12-2-15(3-13-20)14-28-23(17-6-10-19(26)11-7-17)21(24)22(27-28)16-4-8-18(25)9-5-16/h2-13H,14H2,1H3. The van der Waals surface area contributed by atoms with E-state index in [0.29, 0.717) is 28.5 Å². The fraction of sp³-hybridized carbons (Fsp3) is 0.0870. The molecule has 0 N–H and O–H groups in total. The molecule has 3 aromatic carbocycles. The highest BCUT2D eigenvalue weighted by Crippen LogP contribution is 2.37. The zero-order valence-corrected chi connectivity index (χ0v) is 16.3. The molecule has 0 spiro atoms. The van der Waals surface area contributed by atoms with Crippen LogP contribution in [0, 0.1) is 11.6 Å². The molecule has 0 radical (unpaired) electrons. The molecule has 0 unspecified atom stereocenters.